The molecule has 1 aliphatic rings. The molecule has 1 saturated carbocycles. The smallest absolute Gasteiger partial charge is 0.0897 e. The van der Waals surface area contributed by atoms with Crippen molar-refractivity contribution in [2.24, 2.45) is 0 Å². The fraction of sp³-hybridized carbons (Fsp3) is 0.750. The van der Waals surface area contributed by atoms with Crippen molar-refractivity contribution in [3.05, 3.63) is 16.1 Å². The quantitative estimate of drug-likeness (QED) is 0.876. The third kappa shape index (κ3) is 3.03. The molecule has 3 nitrogen and oxygen atoms in total. The van der Waals surface area contributed by atoms with Crippen LogP contribution in [0.25, 0.3) is 0 Å². The van der Waals surface area contributed by atoms with E-state index in [9.17, 15) is 5.11 Å². The van der Waals surface area contributed by atoms with E-state index >= 15 is 0 Å². The van der Waals surface area contributed by atoms with Crippen LogP contribution >= 0.6 is 11.3 Å². The Labute approximate surface area is 101 Å². The summed E-state index contributed by atoms with van der Waals surface area (Å²) in [5.41, 5.74) is 0.673. The minimum absolute atomic E-state index is 0.445. The Morgan fingerprint density at radius 1 is 1.50 bits per heavy atom. The summed E-state index contributed by atoms with van der Waals surface area (Å²) in [6.07, 6.45) is 4.24. The fourth-order valence-electron chi connectivity index (χ4n) is 2.51. The van der Waals surface area contributed by atoms with Gasteiger partial charge in [0.25, 0.3) is 0 Å². The number of hydrogen-bond donors (Lipinski definition) is 1. The Kier molecular flexibility index (Phi) is 3.62. The zero-order valence-electron chi connectivity index (χ0n) is 10.1. The molecule has 0 atom stereocenters. The van der Waals surface area contributed by atoms with Gasteiger partial charge in [-0.05, 0) is 26.8 Å². The van der Waals surface area contributed by atoms with E-state index in [2.05, 4.69) is 22.3 Å². The van der Waals surface area contributed by atoms with Gasteiger partial charge in [0.2, 0.25) is 0 Å². The van der Waals surface area contributed by atoms with Gasteiger partial charge < -0.3 is 5.11 Å². The number of thiazole rings is 1. The van der Waals surface area contributed by atoms with Gasteiger partial charge in [0.1, 0.15) is 0 Å². The van der Waals surface area contributed by atoms with E-state index in [0.29, 0.717) is 0 Å². The lowest BCUT2D eigenvalue weighted by Crippen LogP contribution is -2.38. The Morgan fingerprint density at radius 3 is 2.75 bits per heavy atom. The van der Waals surface area contributed by atoms with Crippen molar-refractivity contribution in [2.45, 2.75) is 44.8 Å². The van der Waals surface area contributed by atoms with Crippen molar-refractivity contribution in [3.63, 3.8) is 0 Å². The Morgan fingerprint density at radius 2 is 2.19 bits per heavy atom. The number of hydrogen-bond acceptors (Lipinski definition) is 4. The van der Waals surface area contributed by atoms with Crippen LogP contribution in [0.2, 0.25) is 0 Å². The summed E-state index contributed by atoms with van der Waals surface area (Å²) in [4.78, 5) is 6.62. The molecular weight excluding hydrogens is 220 g/mol. The molecule has 1 fully saturated rings. The second-order valence-electron chi connectivity index (χ2n) is 4.96. The van der Waals surface area contributed by atoms with E-state index in [-0.39, 0.29) is 0 Å². The molecule has 90 valence electrons. The zero-order valence-corrected chi connectivity index (χ0v) is 10.9. The van der Waals surface area contributed by atoms with E-state index in [1.54, 1.807) is 11.3 Å². The average molecular weight is 240 g/mol. The van der Waals surface area contributed by atoms with Crippen LogP contribution in [0, 0.1) is 6.92 Å². The summed E-state index contributed by atoms with van der Waals surface area (Å²) in [6, 6.07) is 0. The van der Waals surface area contributed by atoms with E-state index in [0.717, 1.165) is 36.6 Å². The fourth-order valence-corrected chi connectivity index (χ4v) is 3.11. The van der Waals surface area contributed by atoms with Crippen molar-refractivity contribution in [1.82, 2.24) is 9.88 Å². The highest BCUT2D eigenvalue weighted by molar-refractivity contribution is 7.09. The molecule has 2 rings (SSSR count). The molecule has 4 heteroatoms. The molecule has 1 N–H and O–H groups in total. The molecule has 0 spiro atoms. The van der Waals surface area contributed by atoms with Crippen molar-refractivity contribution in [2.75, 3.05) is 13.6 Å². The number of nitrogens with zero attached hydrogens (tertiary/aromatic N) is 2. The highest BCUT2D eigenvalue weighted by Gasteiger charge is 2.32. The Balaban J connectivity index is 1.86. The maximum atomic E-state index is 10.3. The highest BCUT2D eigenvalue weighted by atomic mass is 32.1. The lowest BCUT2D eigenvalue weighted by Gasteiger charge is -2.28. The van der Waals surface area contributed by atoms with E-state index < -0.39 is 5.60 Å². The number of aliphatic hydroxyl groups is 1. The predicted molar refractivity (Wildman–Crippen MR) is 66.6 cm³/mol. The third-order valence-corrected chi connectivity index (χ3v) is 4.02. The molecule has 0 aromatic carbocycles. The van der Waals surface area contributed by atoms with E-state index in [1.165, 1.54) is 12.8 Å². The molecule has 0 saturated heterocycles. The van der Waals surface area contributed by atoms with Gasteiger partial charge in [-0.15, -0.1) is 11.3 Å². The second-order valence-corrected chi connectivity index (χ2v) is 6.02. The van der Waals surface area contributed by atoms with Gasteiger partial charge in [-0.25, -0.2) is 4.98 Å². The largest absolute Gasteiger partial charge is 0.389 e. The van der Waals surface area contributed by atoms with Crippen molar-refractivity contribution < 1.29 is 5.11 Å². The number of rotatable bonds is 4. The Hall–Kier alpha value is -0.450. The molecule has 0 radical (unpaired) electrons. The predicted octanol–water partition coefficient (Wildman–Crippen LogP) is 2.19. The first kappa shape index (κ1) is 12.0. The normalized spacial score (nSPS) is 19.5. The van der Waals surface area contributed by atoms with Crippen LogP contribution in [-0.4, -0.2) is 34.2 Å². The van der Waals surface area contributed by atoms with Crippen LogP contribution in [0.3, 0.4) is 0 Å². The van der Waals surface area contributed by atoms with Crippen molar-refractivity contribution in [3.8, 4) is 0 Å². The van der Waals surface area contributed by atoms with E-state index in [4.69, 9.17) is 0 Å². The molecule has 1 heterocycles. The summed E-state index contributed by atoms with van der Waals surface area (Å²) in [6.45, 7) is 3.63. The van der Waals surface area contributed by atoms with Gasteiger partial charge in [0.15, 0.2) is 0 Å². The maximum Gasteiger partial charge on any atom is 0.0897 e. The first-order valence-corrected chi connectivity index (χ1v) is 6.77. The molecule has 0 aliphatic heterocycles. The van der Waals surface area contributed by atoms with Gasteiger partial charge in [-0.3, -0.25) is 4.90 Å². The Bertz CT molecular complexity index is 345. The summed E-state index contributed by atoms with van der Waals surface area (Å²) < 4.78 is 0. The molecule has 1 aromatic rings. The number of likely N-dealkylation sites (N-methyl/N-ethyl adjacent to an activating group) is 1. The van der Waals surface area contributed by atoms with Gasteiger partial charge >= 0.3 is 0 Å². The molecule has 0 amide bonds. The van der Waals surface area contributed by atoms with Crippen LogP contribution in [0.15, 0.2) is 5.38 Å². The van der Waals surface area contributed by atoms with Crippen LogP contribution in [-0.2, 0) is 6.54 Å². The highest BCUT2D eigenvalue weighted by Crippen LogP contribution is 2.30. The third-order valence-electron chi connectivity index (χ3n) is 3.20. The maximum absolute atomic E-state index is 10.3. The first-order chi connectivity index (χ1) is 7.57. The molecule has 16 heavy (non-hydrogen) atoms. The van der Waals surface area contributed by atoms with E-state index in [1.807, 2.05) is 6.92 Å². The monoisotopic (exact) mass is 240 g/mol. The zero-order chi connectivity index (χ0) is 11.6. The summed E-state index contributed by atoms with van der Waals surface area (Å²) in [7, 11) is 2.06. The summed E-state index contributed by atoms with van der Waals surface area (Å²) >= 11 is 1.69. The van der Waals surface area contributed by atoms with Gasteiger partial charge in [0.05, 0.1) is 16.3 Å². The summed E-state index contributed by atoms with van der Waals surface area (Å²) in [5.74, 6) is 0. The molecule has 0 bridgehead atoms. The van der Waals surface area contributed by atoms with Crippen LogP contribution in [0.5, 0.6) is 0 Å². The molecule has 1 aliphatic carbocycles. The summed E-state index contributed by atoms with van der Waals surface area (Å²) in [5, 5.41) is 13.5. The van der Waals surface area contributed by atoms with Crippen LogP contribution in [0.4, 0.5) is 0 Å². The lowest BCUT2D eigenvalue weighted by molar-refractivity contribution is 0.0143. The van der Waals surface area contributed by atoms with Gasteiger partial charge in [-0.2, -0.15) is 0 Å². The minimum atomic E-state index is -0.445. The lowest BCUT2D eigenvalue weighted by atomic mass is 10.0. The topological polar surface area (TPSA) is 36.4 Å². The van der Waals surface area contributed by atoms with Crippen molar-refractivity contribution >= 4 is 11.3 Å². The number of aromatic nitrogens is 1. The minimum Gasteiger partial charge on any atom is -0.389 e. The second kappa shape index (κ2) is 4.82. The molecular formula is C12H20N2OS. The van der Waals surface area contributed by atoms with Crippen LogP contribution in [0.1, 0.15) is 36.4 Å². The van der Waals surface area contributed by atoms with Gasteiger partial charge in [-0.1, -0.05) is 12.8 Å². The standard InChI is InChI=1S/C12H20N2OS/c1-10-13-11(8-16-10)7-14(2)9-12(15)5-3-4-6-12/h8,15H,3-7,9H2,1-2H3. The average Bonchev–Trinajstić information content (AvgIpc) is 2.75. The van der Waals surface area contributed by atoms with Crippen LogP contribution < -0.4 is 0 Å². The molecule has 0 unspecified atom stereocenters. The number of aryl methyl sites for hydroxylation is 1. The molecule has 1 aromatic heterocycles. The van der Waals surface area contributed by atoms with Crippen molar-refractivity contribution in [1.29, 1.82) is 0 Å². The SMILES string of the molecule is Cc1nc(CN(C)CC2(O)CCCC2)cs1. The first-order valence-electron chi connectivity index (χ1n) is 5.89. The van der Waals surface area contributed by atoms with Gasteiger partial charge in [0, 0.05) is 18.5 Å².